The lowest BCUT2D eigenvalue weighted by Crippen LogP contribution is -2.19. The van der Waals surface area contributed by atoms with Crippen molar-refractivity contribution < 1.29 is 17.9 Å². The number of halogens is 5. The Labute approximate surface area is 117 Å². The number of nitrogens with zero attached hydrogens (tertiary/aromatic N) is 2. The molecule has 0 saturated carbocycles. The molecule has 1 rings (SSSR count). The average Bonchev–Trinajstić information content (AvgIpc) is 2.21. The van der Waals surface area contributed by atoms with E-state index in [-0.39, 0.29) is 17.3 Å². The Kier molecular flexibility index (Phi) is 5.00. The number of rotatable bonds is 3. The van der Waals surface area contributed by atoms with E-state index in [4.69, 9.17) is 5.26 Å². The van der Waals surface area contributed by atoms with E-state index in [9.17, 15) is 13.2 Å². The van der Waals surface area contributed by atoms with E-state index in [0.717, 1.165) is 0 Å². The molecule has 0 aliphatic rings. The van der Waals surface area contributed by atoms with Crippen molar-refractivity contribution in [3.63, 3.8) is 0 Å². The van der Waals surface area contributed by atoms with Crippen LogP contribution in [0.25, 0.3) is 0 Å². The van der Waals surface area contributed by atoms with Crippen LogP contribution in [0.15, 0.2) is 6.20 Å². The topological polar surface area (TPSA) is 45.9 Å². The summed E-state index contributed by atoms with van der Waals surface area (Å²) in [5.74, 6) is -0.486. The molecular weight excluding hydrogens is 416 g/mol. The van der Waals surface area contributed by atoms with Gasteiger partial charge in [0.15, 0.2) is 0 Å². The second kappa shape index (κ2) is 5.86. The molecular formula is C9H5BrF3IN2O. The standard InChI is InChI=1S/C9H5BrF3IN2O/c10-3-6-7(14)5(1-2-15)4-16-8(6)17-9(11,12)13/h4H,1,3H2. The Hall–Kier alpha value is -0.560. The minimum atomic E-state index is -4.77. The van der Waals surface area contributed by atoms with Gasteiger partial charge < -0.3 is 4.74 Å². The highest BCUT2D eigenvalue weighted by Gasteiger charge is 2.33. The zero-order valence-electron chi connectivity index (χ0n) is 8.18. The van der Waals surface area contributed by atoms with Gasteiger partial charge in [-0.05, 0) is 28.2 Å². The molecule has 0 N–H and O–H groups in total. The van der Waals surface area contributed by atoms with Gasteiger partial charge in [-0.3, -0.25) is 0 Å². The van der Waals surface area contributed by atoms with Crippen molar-refractivity contribution in [2.24, 2.45) is 0 Å². The lowest BCUT2D eigenvalue weighted by atomic mass is 10.2. The van der Waals surface area contributed by atoms with Crippen LogP contribution in [0.3, 0.4) is 0 Å². The normalized spacial score (nSPS) is 11.1. The van der Waals surface area contributed by atoms with Crippen molar-refractivity contribution in [3.8, 4) is 11.9 Å². The lowest BCUT2D eigenvalue weighted by molar-refractivity contribution is -0.276. The summed E-state index contributed by atoms with van der Waals surface area (Å²) in [6.45, 7) is 0. The minimum Gasteiger partial charge on any atom is -0.388 e. The first kappa shape index (κ1) is 14.5. The third kappa shape index (κ3) is 3.99. The number of nitriles is 1. The first-order valence-electron chi connectivity index (χ1n) is 4.24. The van der Waals surface area contributed by atoms with Crippen LogP contribution in [0.2, 0.25) is 0 Å². The Morgan fingerprint density at radius 2 is 2.18 bits per heavy atom. The number of aromatic nitrogens is 1. The average molecular weight is 421 g/mol. The quantitative estimate of drug-likeness (QED) is 0.555. The van der Waals surface area contributed by atoms with Gasteiger partial charge in [0.25, 0.3) is 0 Å². The molecule has 0 aliphatic heterocycles. The van der Waals surface area contributed by atoms with E-state index in [1.54, 1.807) is 0 Å². The summed E-state index contributed by atoms with van der Waals surface area (Å²) < 4.78 is 40.7. The fourth-order valence-electron chi connectivity index (χ4n) is 1.08. The van der Waals surface area contributed by atoms with E-state index in [1.807, 2.05) is 28.7 Å². The summed E-state index contributed by atoms with van der Waals surface area (Å²) >= 11 is 4.95. The van der Waals surface area contributed by atoms with Gasteiger partial charge in [-0.2, -0.15) is 5.26 Å². The van der Waals surface area contributed by atoms with E-state index in [0.29, 0.717) is 9.13 Å². The number of hydrogen-bond donors (Lipinski definition) is 0. The summed E-state index contributed by atoms with van der Waals surface area (Å²) in [6, 6.07) is 1.92. The monoisotopic (exact) mass is 420 g/mol. The zero-order chi connectivity index (χ0) is 13.1. The SMILES string of the molecule is N#CCc1cnc(OC(F)(F)F)c(CBr)c1I. The number of hydrogen-bond acceptors (Lipinski definition) is 3. The third-order valence-electron chi connectivity index (χ3n) is 1.76. The minimum absolute atomic E-state index is 0.0948. The molecule has 3 nitrogen and oxygen atoms in total. The largest absolute Gasteiger partial charge is 0.574 e. The van der Waals surface area contributed by atoms with Crippen molar-refractivity contribution in [1.82, 2.24) is 4.98 Å². The van der Waals surface area contributed by atoms with Gasteiger partial charge in [-0.1, -0.05) is 15.9 Å². The molecule has 8 heteroatoms. The van der Waals surface area contributed by atoms with Crippen molar-refractivity contribution in [1.29, 1.82) is 5.26 Å². The summed E-state index contributed by atoms with van der Waals surface area (Å²) in [5, 5.41) is 8.73. The Morgan fingerprint density at radius 3 is 2.65 bits per heavy atom. The maximum Gasteiger partial charge on any atom is 0.574 e. The molecule has 0 unspecified atom stereocenters. The highest BCUT2D eigenvalue weighted by molar-refractivity contribution is 14.1. The predicted molar refractivity (Wildman–Crippen MR) is 65.6 cm³/mol. The molecule has 0 saturated heterocycles. The Morgan fingerprint density at radius 1 is 1.53 bits per heavy atom. The lowest BCUT2D eigenvalue weighted by Gasteiger charge is -2.13. The summed E-state index contributed by atoms with van der Waals surface area (Å²) in [6.07, 6.45) is -3.46. The summed E-state index contributed by atoms with van der Waals surface area (Å²) in [5.41, 5.74) is 0.868. The van der Waals surface area contributed by atoms with Crippen LogP contribution in [-0.2, 0) is 11.8 Å². The van der Waals surface area contributed by atoms with Crippen molar-refractivity contribution in [2.75, 3.05) is 0 Å². The zero-order valence-corrected chi connectivity index (χ0v) is 11.9. The maximum absolute atomic E-state index is 12.1. The second-order valence-electron chi connectivity index (χ2n) is 2.90. The van der Waals surface area contributed by atoms with Gasteiger partial charge >= 0.3 is 6.36 Å². The fourth-order valence-corrected chi connectivity index (χ4v) is 2.88. The van der Waals surface area contributed by atoms with Gasteiger partial charge in [0.2, 0.25) is 5.88 Å². The van der Waals surface area contributed by atoms with Crippen LogP contribution in [-0.4, -0.2) is 11.3 Å². The smallest absolute Gasteiger partial charge is 0.388 e. The van der Waals surface area contributed by atoms with Crippen LogP contribution in [0.1, 0.15) is 11.1 Å². The van der Waals surface area contributed by atoms with Crippen LogP contribution in [0, 0.1) is 14.9 Å². The van der Waals surface area contributed by atoms with Crippen LogP contribution < -0.4 is 4.74 Å². The predicted octanol–water partition coefficient (Wildman–Crippen LogP) is 3.55. The Balaban J connectivity index is 3.17. The van der Waals surface area contributed by atoms with Gasteiger partial charge in [0.1, 0.15) is 0 Å². The first-order chi connectivity index (χ1) is 7.89. The van der Waals surface area contributed by atoms with Gasteiger partial charge in [-0.25, -0.2) is 4.98 Å². The van der Waals surface area contributed by atoms with Crippen LogP contribution in [0.5, 0.6) is 5.88 Å². The van der Waals surface area contributed by atoms with Gasteiger partial charge in [0, 0.05) is 20.7 Å². The van der Waals surface area contributed by atoms with Gasteiger partial charge in [0.05, 0.1) is 12.5 Å². The summed E-state index contributed by atoms with van der Waals surface area (Å²) in [7, 11) is 0. The number of pyridine rings is 1. The van der Waals surface area contributed by atoms with Gasteiger partial charge in [-0.15, -0.1) is 13.2 Å². The fraction of sp³-hybridized carbons (Fsp3) is 0.333. The maximum atomic E-state index is 12.1. The molecule has 0 aromatic carbocycles. The molecule has 0 spiro atoms. The molecule has 0 amide bonds. The number of ether oxygens (including phenoxy) is 1. The van der Waals surface area contributed by atoms with E-state index in [1.165, 1.54) is 6.20 Å². The molecule has 0 bridgehead atoms. The first-order valence-corrected chi connectivity index (χ1v) is 6.44. The van der Waals surface area contributed by atoms with E-state index < -0.39 is 12.2 Å². The highest BCUT2D eigenvalue weighted by Crippen LogP contribution is 2.30. The molecule has 92 valence electrons. The highest BCUT2D eigenvalue weighted by atomic mass is 127. The van der Waals surface area contributed by atoms with Crippen molar-refractivity contribution in [2.45, 2.75) is 18.1 Å². The molecule has 0 aliphatic carbocycles. The van der Waals surface area contributed by atoms with Crippen molar-refractivity contribution >= 4 is 38.5 Å². The molecule has 1 aromatic rings. The summed E-state index contributed by atoms with van der Waals surface area (Å²) in [4.78, 5) is 3.59. The third-order valence-corrected chi connectivity index (χ3v) is 3.66. The molecule has 1 heterocycles. The molecule has 0 fully saturated rings. The Bertz CT molecular complexity index is 459. The van der Waals surface area contributed by atoms with E-state index >= 15 is 0 Å². The number of alkyl halides is 4. The molecule has 0 atom stereocenters. The van der Waals surface area contributed by atoms with Crippen LogP contribution >= 0.6 is 38.5 Å². The van der Waals surface area contributed by atoms with Crippen LogP contribution in [0.4, 0.5) is 13.2 Å². The molecule has 1 aromatic heterocycles. The van der Waals surface area contributed by atoms with E-state index in [2.05, 4.69) is 25.7 Å². The second-order valence-corrected chi connectivity index (χ2v) is 4.54. The van der Waals surface area contributed by atoms with Crippen molar-refractivity contribution in [3.05, 3.63) is 20.9 Å². The molecule has 0 radical (unpaired) electrons. The molecule has 17 heavy (non-hydrogen) atoms.